The monoisotopic (exact) mass is 360 g/mol. The smallest absolute Gasteiger partial charge is 0.161 e. The minimum absolute atomic E-state index is 0.00211. The van der Waals surface area contributed by atoms with Crippen molar-refractivity contribution in [1.82, 2.24) is 4.98 Å². The molecule has 0 spiro atoms. The van der Waals surface area contributed by atoms with E-state index in [0.29, 0.717) is 6.07 Å². The summed E-state index contributed by atoms with van der Waals surface area (Å²) in [5.74, 6) is -3.75. The van der Waals surface area contributed by atoms with E-state index in [2.05, 4.69) is 10.3 Å². The van der Waals surface area contributed by atoms with E-state index in [4.69, 9.17) is 0 Å². The van der Waals surface area contributed by atoms with Gasteiger partial charge in [0.1, 0.15) is 34.8 Å². The topological polar surface area (TPSA) is 42.0 Å². The van der Waals surface area contributed by atoms with Crippen molar-refractivity contribution >= 4 is 17.3 Å². The first-order valence-electron chi connectivity index (χ1n) is 7.55. The van der Waals surface area contributed by atoms with Gasteiger partial charge in [0.25, 0.3) is 0 Å². The maximum atomic E-state index is 14.1. The Morgan fingerprint density at radius 1 is 0.923 bits per heavy atom. The average molecular weight is 360 g/mol. The molecule has 0 aliphatic heterocycles. The van der Waals surface area contributed by atoms with Crippen LogP contribution >= 0.6 is 0 Å². The highest BCUT2D eigenvalue weighted by Crippen LogP contribution is 2.29. The fourth-order valence-electron chi connectivity index (χ4n) is 2.44. The number of benzene rings is 2. The minimum Gasteiger partial charge on any atom is -0.335 e. The van der Waals surface area contributed by atoms with Gasteiger partial charge in [0.2, 0.25) is 0 Å². The van der Waals surface area contributed by atoms with Gasteiger partial charge in [-0.1, -0.05) is 6.07 Å². The fraction of sp³-hybridized carbons (Fsp3) is 0.0526. The van der Waals surface area contributed by atoms with Crippen molar-refractivity contribution in [2.75, 3.05) is 5.32 Å². The second-order valence-electron chi connectivity index (χ2n) is 5.49. The summed E-state index contributed by atoms with van der Waals surface area (Å²) in [6.45, 7) is 1.27. The van der Waals surface area contributed by atoms with Gasteiger partial charge >= 0.3 is 0 Å². The van der Waals surface area contributed by atoms with Crippen LogP contribution in [0.3, 0.4) is 0 Å². The molecule has 0 radical (unpaired) electrons. The summed E-state index contributed by atoms with van der Waals surface area (Å²) in [5, 5.41) is 2.48. The van der Waals surface area contributed by atoms with Crippen LogP contribution in [0.25, 0.3) is 11.3 Å². The highest BCUT2D eigenvalue weighted by Gasteiger charge is 2.17. The van der Waals surface area contributed by atoms with Gasteiger partial charge in [0.05, 0.1) is 5.69 Å². The predicted octanol–water partition coefficient (Wildman–Crippen LogP) is 5.25. The molecule has 3 aromatic rings. The van der Waals surface area contributed by atoms with Crippen molar-refractivity contribution < 1.29 is 22.4 Å². The van der Waals surface area contributed by atoms with Crippen LogP contribution in [-0.4, -0.2) is 10.8 Å². The number of ketones is 1. The molecule has 0 fully saturated rings. The second kappa shape index (κ2) is 6.95. The number of carbonyl (C=O) groups is 1. The number of para-hydroxylation sites is 1. The zero-order valence-corrected chi connectivity index (χ0v) is 13.5. The summed E-state index contributed by atoms with van der Waals surface area (Å²) in [4.78, 5) is 15.9. The van der Waals surface area contributed by atoms with Crippen molar-refractivity contribution in [2.45, 2.75) is 6.92 Å². The second-order valence-corrected chi connectivity index (χ2v) is 5.49. The van der Waals surface area contributed by atoms with E-state index in [-0.39, 0.29) is 28.4 Å². The van der Waals surface area contributed by atoms with E-state index < -0.39 is 29.0 Å². The number of hydrogen-bond donors (Lipinski definition) is 1. The van der Waals surface area contributed by atoms with E-state index in [1.165, 1.54) is 25.1 Å². The molecule has 1 aromatic heterocycles. The lowest BCUT2D eigenvalue weighted by Crippen LogP contribution is -2.05. The fourth-order valence-corrected chi connectivity index (χ4v) is 2.44. The summed E-state index contributed by atoms with van der Waals surface area (Å²) in [6.07, 6.45) is 0. The molecule has 2 aromatic carbocycles. The normalized spacial score (nSPS) is 10.7. The molecule has 0 unspecified atom stereocenters. The number of hydrogen-bond acceptors (Lipinski definition) is 3. The molecule has 7 heteroatoms. The SMILES string of the molecule is CC(=O)c1ccc(Nc2c(F)cccc2F)nc1-c1ccc(F)cc1F. The molecule has 0 atom stereocenters. The number of halogens is 4. The minimum atomic E-state index is -0.908. The molecule has 0 saturated carbocycles. The molecule has 132 valence electrons. The van der Waals surface area contributed by atoms with Gasteiger partial charge in [0, 0.05) is 17.2 Å². The molecule has 0 bridgehead atoms. The van der Waals surface area contributed by atoms with Gasteiger partial charge in [-0.15, -0.1) is 0 Å². The molecule has 1 N–H and O–H groups in total. The maximum absolute atomic E-state index is 14.1. The van der Waals surface area contributed by atoms with Gasteiger partial charge < -0.3 is 5.32 Å². The summed E-state index contributed by atoms with van der Waals surface area (Å²) in [7, 11) is 0. The largest absolute Gasteiger partial charge is 0.335 e. The van der Waals surface area contributed by atoms with Crippen LogP contribution in [0.4, 0.5) is 29.1 Å². The Morgan fingerprint density at radius 3 is 2.23 bits per heavy atom. The van der Waals surface area contributed by atoms with Crippen LogP contribution < -0.4 is 5.32 Å². The molecule has 3 nitrogen and oxygen atoms in total. The van der Waals surface area contributed by atoms with E-state index >= 15 is 0 Å². The zero-order valence-electron chi connectivity index (χ0n) is 13.5. The third-order valence-corrected chi connectivity index (χ3v) is 3.68. The Morgan fingerprint density at radius 2 is 1.62 bits per heavy atom. The third kappa shape index (κ3) is 3.42. The standard InChI is InChI=1S/C19H12F4N2O/c1-10(26)12-7-8-17(25-19-14(21)3-2-4-15(19)22)24-18(12)13-6-5-11(20)9-16(13)23/h2-9H,1H3,(H,24,25). The molecule has 0 aliphatic carbocycles. The van der Waals surface area contributed by atoms with Crippen molar-refractivity contribution in [1.29, 1.82) is 0 Å². The molecular weight excluding hydrogens is 348 g/mol. The van der Waals surface area contributed by atoms with Gasteiger partial charge in [-0.3, -0.25) is 4.79 Å². The Labute approximate surface area is 146 Å². The van der Waals surface area contributed by atoms with E-state index in [9.17, 15) is 22.4 Å². The van der Waals surface area contributed by atoms with Crippen molar-refractivity contribution in [3.8, 4) is 11.3 Å². The number of nitrogens with zero attached hydrogens (tertiary/aromatic N) is 1. The van der Waals surface area contributed by atoms with Gasteiger partial charge in [-0.2, -0.15) is 0 Å². The van der Waals surface area contributed by atoms with E-state index in [0.717, 1.165) is 24.3 Å². The lowest BCUT2D eigenvalue weighted by molar-refractivity contribution is 0.101. The number of carbonyl (C=O) groups excluding carboxylic acids is 1. The van der Waals surface area contributed by atoms with Crippen LogP contribution in [-0.2, 0) is 0 Å². The predicted molar refractivity (Wildman–Crippen MR) is 89.2 cm³/mol. The van der Waals surface area contributed by atoms with Crippen molar-refractivity contribution in [3.05, 3.63) is 77.4 Å². The molecule has 0 amide bonds. The number of pyridine rings is 1. The average Bonchev–Trinajstić information content (AvgIpc) is 2.58. The molecular formula is C19H12F4N2O. The van der Waals surface area contributed by atoms with Crippen molar-refractivity contribution in [2.24, 2.45) is 0 Å². The first kappa shape index (κ1) is 17.6. The molecule has 0 aliphatic rings. The quantitative estimate of drug-likeness (QED) is 0.510. The highest BCUT2D eigenvalue weighted by atomic mass is 19.1. The molecule has 26 heavy (non-hydrogen) atoms. The Bertz CT molecular complexity index is 985. The first-order valence-corrected chi connectivity index (χ1v) is 7.55. The van der Waals surface area contributed by atoms with E-state index in [1.54, 1.807) is 0 Å². The van der Waals surface area contributed by atoms with Crippen LogP contribution in [0.1, 0.15) is 17.3 Å². The molecule has 3 rings (SSSR count). The Hall–Kier alpha value is -3.22. The first-order chi connectivity index (χ1) is 12.4. The van der Waals surface area contributed by atoms with Gasteiger partial charge in [-0.05, 0) is 43.3 Å². The maximum Gasteiger partial charge on any atom is 0.161 e. The number of rotatable bonds is 4. The van der Waals surface area contributed by atoms with Crippen LogP contribution in [0.2, 0.25) is 0 Å². The number of nitrogens with one attached hydrogen (secondary N) is 1. The summed E-state index contributed by atoms with van der Waals surface area (Å²) < 4.78 is 54.9. The number of Topliss-reactive ketones (excluding diaryl/α,β-unsaturated/α-hetero) is 1. The van der Waals surface area contributed by atoms with Gasteiger partial charge in [0.15, 0.2) is 5.78 Å². The van der Waals surface area contributed by atoms with Crippen molar-refractivity contribution in [3.63, 3.8) is 0 Å². The lowest BCUT2D eigenvalue weighted by atomic mass is 10.0. The van der Waals surface area contributed by atoms with E-state index in [1.807, 2.05) is 0 Å². The third-order valence-electron chi connectivity index (χ3n) is 3.68. The van der Waals surface area contributed by atoms with Crippen LogP contribution in [0.5, 0.6) is 0 Å². The molecule has 0 saturated heterocycles. The number of aromatic nitrogens is 1. The molecule has 1 heterocycles. The van der Waals surface area contributed by atoms with Crippen LogP contribution in [0.15, 0.2) is 48.5 Å². The summed E-state index contributed by atoms with van der Waals surface area (Å²) in [5.41, 5.74) is -0.498. The summed E-state index contributed by atoms with van der Waals surface area (Å²) >= 11 is 0. The summed E-state index contributed by atoms with van der Waals surface area (Å²) in [6, 6.07) is 8.88. The Kier molecular flexibility index (Phi) is 4.71. The van der Waals surface area contributed by atoms with Crippen LogP contribution in [0, 0.1) is 23.3 Å². The Balaban J connectivity index is 2.11. The number of anilines is 2. The zero-order chi connectivity index (χ0) is 18.8. The van der Waals surface area contributed by atoms with Gasteiger partial charge in [-0.25, -0.2) is 22.5 Å². The lowest BCUT2D eigenvalue weighted by Gasteiger charge is -2.12. The highest BCUT2D eigenvalue weighted by molar-refractivity contribution is 6.00.